The molecule has 0 atom stereocenters. The Labute approximate surface area is 143 Å². The quantitative estimate of drug-likeness (QED) is 0.627. The fourth-order valence-electron chi connectivity index (χ4n) is 2.57. The van der Waals surface area contributed by atoms with Gasteiger partial charge < -0.3 is 10.4 Å². The van der Waals surface area contributed by atoms with Crippen LogP contribution in [0.4, 0.5) is 0 Å². The van der Waals surface area contributed by atoms with Crippen LogP contribution < -0.4 is 10.9 Å². The number of hydrogen-bond donors (Lipinski definition) is 2. The number of amides is 1. The van der Waals surface area contributed by atoms with Crippen LogP contribution >= 0.6 is 0 Å². The van der Waals surface area contributed by atoms with Crippen molar-refractivity contribution in [3.05, 3.63) is 58.8 Å². The predicted molar refractivity (Wildman–Crippen MR) is 92.0 cm³/mol. The second-order valence-electron chi connectivity index (χ2n) is 5.59. The average molecular weight is 341 g/mol. The second-order valence-corrected chi connectivity index (χ2v) is 5.59. The van der Waals surface area contributed by atoms with Gasteiger partial charge >= 0.3 is 0 Å². The molecule has 0 unspecified atom stereocenters. The highest BCUT2D eigenvalue weighted by molar-refractivity contribution is 5.77. The number of fused-ring (bicyclic) bond motifs is 1. The van der Waals surface area contributed by atoms with Gasteiger partial charge in [-0.05, 0) is 12.0 Å². The van der Waals surface area contributed by atoms with Crippen molar-refractivity contribution in [2.24, 2.45) is 0 Å². The molecule has 0 saturated heterocycles. The number of rotatable bonds is 7. The lowest BCUT2D eigenvalue weighted by Gasteiger charge is -2.07. The largest absolute Gasteiger partial charge is 0.394 e. The molecule has 2 N–H and O–H groups in total. The average Bonchev–Trinajstić information content (AvgIpc) is 3.02. The van der Waals surface area contributed by atoms with Crippen LogP contribution in [-0.2, 0) is 24.3 Å². The summed E-state index contributed by atoms with van der Waals surface area (Å²) in [4.78, 5) is 28.6. The zero-order valence-electron chi connectivity index (χ0n) is 13.6. The number of nitrogens with zero attached hydrogens (tertiary/aromatic N) is 4. The highest BCUT2D eigenvalue weighted by Gasteiger charge is 2.11. The molecule has 3 rings (SSSR count). The van der Waals surface area contributed by atoms with Gasteiger partial charge in [0.25, 0.3) is 5.56 Å². The summed E-state index contributed by atoms with van der Waals surface area (Å²) in [6, 6.07) is 9.85. The summed E-state index contributed by atoms with van der Waals surface area (Å²) in [7, 11) is 0. The molecular formula is C17H19N5O3. The van der Waals surface area contributed by atoms with Gasteiger partial charge in [0.2, 0.25) is 5.91 Å². The Bertz CT molecular complexity index is 917. The molecule has 0 aliphatic carbocycles. The normalized spacial score (nSPS) is 10.9. The monoisotopic (exact) mass is 341 g/mol. The summed E-state index contributed by atoms with van der Waals surface area (Å²) in [5.41, 5.74) is 1.21. The number of hydrogen-bond acceptors (Lipinski definition) is 5. The van der Waals surface area contributed by atoms with E-state index in [4.69, 9.17) is 5.11 Å². The molecular weight excluding hydrogens is 322 g/mol. The van der Waals surface area contributed by atoms with Crippen molar-refractivity contribution in [3.63, 3.8) is 0 Å². The van der Waals surface area contributed by atoms with Crippen LogP contribution in [0.2, 0.25) is 0 Å². The number of nitrogens with one attached hydrogen (secondary N) is 1. The predicted octanol–water partition coefficient (Wildman–Crippen LogP) is -0.0558. The van der Waals surface area contributed by atoms with E-state index in [9.17, 15) is 9.59 Å². The Kier molecular flexibility index (Phi) is 5.20. The lowest BCUT2D eigenvalue weighted by Crippen LogP contribution is -2.33. The Morgan fingerprint density at radius 3 is 2.80 bits per heavy atom. The third-order valence-electron chi connectivity index (χ3n) is 3.83. The maximum Gasteiger partial charge on any atom is 0.264 e. The van der Waals surface area contributed by atoms with E-state index in [1.54, 1.807) is 0 Å². The second kappa shape index (κ2) is 7.71. The zero-order chi connectivity index (χ0) is 17.6. The first-order chi connectivity index (χ1) is 12.2. The van der Waals surface area contributed by atoms with Gasteiger partial charge in [-0.15, -0.1) is 0 Å². The van der Waals surface area contributed by atoms with Gasteiger partial charge in [-0.25, -0.2) is 9.67 Å². The third kappa shape index (κ3) is 3.92. The first-order valence-electron chi connectivity index (χ1n) is 8.01. The molecule has 1 aromatic carbocycles. The molecule has 8 heteroatoms. The number of benzene rings is 1. The minimum Gasteiger partial charge on any atom is -0.394 e. The molecule has 130 valence electrons. The van der Waals surface area contributed by atoms with Gasteiger partial charge in [-0.1, -0.05) is 30.3 Å². The summed E-state index contributed by atoms with van der Waals surface area (Å²) in [5, 5.41) is 16.1. The van der Waals surface area contributed by atoms with E-state index < -0.39 is 0 Å². The van der Waals surface area contributed by atoms with Crippen LogP contribution in [0.5, 0.6) is 0 Å². The van der Waals surface area contributed by atoms with E-state index in [-0.39, 0.29) is 31.2 Å². The Balaban J connectivity index is 1.63. The van der Waals surface area contributed by atoms with E-state index in [0.29, 0.717) is 17.6 Å². The molecule has 0 bridgehead atoms. The molecule has 2 heterocycles. The van der Waals surface area contributed by atoms with Crippen LogP contribution in [0.15, 0.2) is 47.7 Å². The number of aliphatic hydroxyl groups excluding tert-OH is 1. The third-order valence-corrected chi connectivity index (χ3v) is 3.83. The van der Waals surface area contributed by atoms with Crippen molar-refractivity contribution in [2.75, 3.05) is 13.2 Å². The van der Waals surface area contributed by atoms with Crippen LogP contribution in [0.3, 0.4) is 0 Å². The van der Waals surface area contributed by atoms with E-state index in [0.717, 1.165) is 12.0 Å². The summed E-state index contributed by atoms with van der Waals surface area (Å²) in [6.07, 6.45) is 3.47. The zero-order valence-corrected chi connectivity index (χ0v) is 13.6. The van der Waals surface area contributed by atoms with Crippen LogP contribution in [0.1, 0.15) is 5.56 Å². The SMILES string of the molecule is O=C(Cn1cnc2c(cnn2CCO)c1=O)NCCc1ccccc1. The number of aliphatic hydroxyl groups is 1. The fraction of sp³-hybridized carbons (Fsp3) is 0.294. The molecule has 2 aromatic heterocycles. The number of aromatic nitrogens is 4. The van der Waals surface area contributed by atoms with Gasteiger partial charge in [0.15, 0.2) is 5.65 Å². The first kappa shape index (κ1) is 16.8. The smallest absolute Gasteiger partial charge is 0.264 e. The topological polar surface area (TPSA) is 102 Å². The van der Waals surface area contributed by atoms with E-state index in [1.807, 2.05) is 30.3 Å². The highest BCUT2D eigenvalue weighted by Crippen LogP contribution is 2.05. The first-order valence-corrected chi connectivity index (χ1v) is 8.01. The standard InChI is InChI=1S/C17H19N5O3/c23-9-8-22-16-14(10-20-22)17(25)21(12-19-16)11-15(24)18-7-6-13-4-2-1-3-5-13/h1-5,10,12,23H,6-9,11H2,(H,18,24). The molecule has 0 aliphatic heterocycles. The Hall–Kier alpha value is -3.00. The van der Waals surface area contributed by atoms with Crippen molar-refractivity contribution in [1.82, 2.24) is 24.6 Å². The Morgan fingerprint density at radius 2 is 2.04 bits per heavy atom. The lowest BCUT2D eigenvalue weighted by molar-refractivity contribution is -0.121. The molecule has 0 aliphatic rings. The highest BCUT2D eigenvalue weighted by atomic mass is 16.3. The number of carbonyl (C=O) groups is 1. The Morgan fingerprint density at radius 1 is 1.24 bits per heavy atom. The molecule has 0 saturated carbocycles. The van der Waals surface area contributed by atoms with Crippen molar-refractivity contribution < 1.29 is 9.90 Å². The maximum absolute atomic E-state index is 12.4. The van der Waals surface area contributed by atoms with E-state index >= 15 is 0 Å². The van der Waals surface area contributed by atoms with Crippen LogP contribution in [0, 0.1) is 0 Å². The summed E-state index contributed by atoms with van der Waals surface area (Å²) in [5.74, 6) is -0.248. The summed E-state index contributed by atoms with van der Waals surface area (Å²) in [6.45, 7) is 0.578. The lowest BCUT2D eigenvalue weighted by atomic mass is 10.1. The van der Waals surface area contributed by atoms with Gasteiger partial charge in [0.05, 0.1) is 19.3 Å². The van der Waals surface area contributed by atoms with Crippen molar-refractivity contribution >= 4 is 16.9 Å². The maximum atomic E-state index is 12.4. The molecule has 0 fully saturated rings. The van der Waals surface area contributed by atoms with E-state index in [2.05, 4.69) is 15.4 Å². The molecule has 25 heavy (non-hydrogen) atoms. The van der Waals surface area contributed by atoms with Gasteiger partial charge in [0, 0.05) is 6.54 Å². The van der Waals surface area contributed by atoms with Crippen LogP contribution in [0.25, 0.3) is 11.0 Å². The van der Waals surface area contributed by atoms with Gasteiger partial charge in [-0.3, -0.25) is 14.2 Å². The molecule has 0 spiro atoms. The molecule has 3 aromatic rings. The molecule has 1 amide bonds. The van der Waals surface area contributed by atoms with Gasteiger partial charge in [-0.2, -0.15) is 5.10 Å². The minimum absolute atomic E-state index is 0.0919. The van der Waals surface area contributed by atoms with Crippen molar-refractivity contribution in [3.8, 4) is 0 Å². The molecule has 8 nitrogen and oxygen atoms in total. The van der Waals surface area contributed by atoms with Crippen molar-refractivity contribution in [1.29, 1.82) is 0 Å². The fourth-order valence-corrected chi connectivity index (χ4v) is 2.57. The van der Waals surface area contributed by atoms with Crippen molar-refractivity contribution in [2.45, 2.75) is 19.5 Å². The van der Waals surface area contributed by atoms with Gasteiger partial charge in [0.1, 0.15) is 18.3 Å². The summed E-state index contributed by atoms with van der Waals surface area (Å²) >= 11 is 0. The minimum atomic E-state index is -0.326. The number of carbonyl (C=O) groups excluding carboxylic acids is 1. The summed E-state index contributed by atoms with van der Waals surface area (Å²) < 4.78 is 2.71. The van der Waals surface area contributed by atoms with E-state index in [1.165, 1.54) is 21.8 Å². The molecule has 0 radical (unpaired) electrons. The van der Waals surface area contributed by atoms with Crippen LogP contribution in [-0.4, -0.2) is 43.5 Å².